The molecule has 2 heterocycles. The molecular weight excluding hydrogens is 364 g/mol. The lowest BCUT2D eigenvalue weighted by Gasteiger charge is -2.31. The molecule has 158 valence electrons. The third-order valence-electron chi connectivity index (χ3n) is 5.98. The number of hydrogen-bond donors (Lipinski definition) is 0. The van der Waals surface area contributed by atoms with Crippen molar-refractivity contribution in [3.8, 4) is 0 Å². The zero-order chi connectivity index (χ0) is 21.0. The van der Waals surface area contributed by atoms with Gasteiger partial charge in [0.05, 0.1) is 6.54 Å². The highest BCUT2D eigenvalue weighted by atomic mass is 16.5. The Balaban J connectivity index is 1.78. The first-order valence-corrected chi connectivity index (χ1v) is 10.5. The van der Waals surface area contributed by atoms with E-state index in [9.17, 15) is 4.79 Å². The first-order valence-electron chi connectivity index (χ1n) is 10.5. The highest BCUT2D eigenvalue weighted by molar-refractivity contribution is 5.77. The van der Waals surface area contributed by atoms with Crippen LogP contribution >= 0.6 is 0 Å². The highest BCUT2D eigenvalue weighted by Crippen LogP contribution is 2.34. The molecular formula is C24H34N2O3. The van der Waals surface area contributed by atoms with E-state index in [0.717, 1.165) is 37.7 Å². The van der Waals surface area contributed by atoms with Crippen LogP contribution in [0, 0.1) is 19.8 Å². The molecule has 1 aromatic heterocycles. The largest absolute Gasteiger partial charge is 0.465 e. The van der Waals surface area contributed by atoms with Gasteiger partial charge in [0.15, 0.2) is 0 Å². The second-order valence-electron chi connectivity index (χ2n) is 8.50. The molecule has 29 heavy (non-hydrogen) atoms. The number of likely N-dealkylation sites (tertiary alicyclic amines) is 1. The summed E-state index contributed by atoms with van der Waals surface area (Å²) in [4.78, 5) is 17.0. The maximum Gasteiger partial charge on any atom is 0.248 e. The number of carbonyl (C=O) groups is 1. The summed E-state index contributed by atoms with van der Waals surface area (Å²) in [6.45, 7) is 11.9. The van der Waals surface area contributed by atoms with E-state index >= 15 is 0 Å². The molecule has 0 saturated carbocycles. The van der Waals surface area contributed by atoms with Gasteiger partial charge in [-0.25, -0.2) is 0 Å². The summed E-state index contributed by atoms with van der Waals surface area (Å²) in [6.07, 6.45) is 0. The van der Waals surface area contributed by atoms with Gasteiger partial charge < -0.3 is 14.1 Å². The minimum Gasteiger partial charge on any atom is -0.465 e. The predicted molar refractivity (Wildman–Crippen MR) is 115 cm³/mol. The third kappa shape index (κ3) is 5.28. The molecule has 3 rings (SSSR count). The first kappa shape index (κ1) is 21.6. The fourth-order valence-corrected chi connectivity index (χ4v) is 4.36. The minimum atomic E-state index is 0.0602. The van der Waals surface area contributed by atoms with Gasteiger partial charge in [-0.05, 0) is 50.8 Å². The molecule has 0 aliphatic carbocycles. The van der Waals surface area contributed by atoms with Crippen molar-refractivity contribution >= 4 is 5.91 Å². The van der Waals surface area contributed by atoms with Gasteiger partial charge >= 0.3 is 0 Å². The second-order valence-corrected chi connectivity index (χ2v) is 8.50. The zero-order valence-corrected chi connectivity index (χ0v) is 18.4. The van der Waals surface area contributed by atoms with E-state index in [1.54, 1.807) is 7.11 Å². The lowest BCUT2D eigenvalue weighted by Crippen LogP contribution is -2.43. The lowest BCUT2D eigenvalue weighted by molar-refractivity contribution is -0.137. The average Bonchev–Trinajstić information content (AvgIpc) is 3.22. The van der Waals surface area contributed by atoms with Crippen LogP contribution in [0.1, 0.15) is 42.4 Å². The van der Waals surface area contributed by atoms with Gasteiger partial charge in [0.25, 0.3) is 0 Å². The normalized spacial score (nSPS) is 19.8. The smallest absolute Gasteiger partial charge is 0.248 e. The van der Waals surface area contributed by atoms with Crippen LogP contribution in [-0.2, 0) is 16.1 Å². The molecule has 0 radical (unpaired) electrons. The molecule has 1 amide bonds. The summed E-state index contributed by atoms with van der Waals surface area (Å²) < 4.78 is 11.0. The van der Waals surface area contributed by atoms with E-state index < -0.39 is 0 Å². The summed E-state index contributed by atoms with van der Waals surface area (Å²) in [7, 11) is 1.58. The average molecular weight is 399 g/mol. The molecule has 1 aliphatic heterocycles. The van der Waals surface area contributed by atoms with Crippen LogP contribution in [0.4, 0.5) is 0 Å². The van der Waals surface area contributed by atoms with E-state index in [1.165, 1.54) is 11.1 Å². The van der Waals surface area contributed by atoms with Crippen molar-refractivity contribution in [1.82, 2.24) is 9.80 Å². The second kappa shape index (κ2) is 9.59. The molecule has 1 saturated heterocycles. The number of amides is 1. The topological polar surface area (TPSA) is 45.9 Å². The fourth-order valence-electron chi connectivity index (χ4n) is 4.36. The Morgan fingerprint density at radius 2 is 1.97 bits per heavy atom. The van der Waals surface area contributed by atoms with Crippen molar-refractivity contribution in [2.45, 2.75) is 46.2 Å². The van der Waals surface area contributed by atoms with Crippen molar-refractivity contribution in [3.05, 3.63) is 59.0 Å². The number of carbonyl (C=O) groups excluding carboxylic acids is 1. The lowest BCUT2D eigenvalue weighted by atomic mass is 9.88. The number of nitrogens with zero attached hydrogens (tertiary/aromatic N) is 2. The number of furan rings is 1. The van der Waals surface area contributed by atoms with Crippen LogP contribution in [0.15, 0.2) is 40.8 Å². The molecule has 1 aromatic carbocycles. The summed E-state index contributed by atoms with van der Waals surface area (Å²) in [5.74, 6) is 2.84. The standard InChI is InChI=1S/C24H34N2O3/c1-17(2)26(24(27)16-28-5)13-21-12-25(14-22-11-18(3)19(4)29-22)15-23(21)20-9-7-6-8-10-20/h6-11,17,21,23H,12-16H2,1-5H3. The van der Waals surface area contributed by atoms with Crippen molar-refractivity contribution < 1.29 is 13.9 Å². The molecule has 1 fully saturated rings. The highest BCUT2D eigenvalue weighted by Gasteiger charge is 2.36. The van der Waals surface area contributed by atoms with Gasteiger partial charge in [-0.1, -0.05) is 30.3 Å². The minimum absolute atomic E-state index is 0.0602. The Morgan fingerprint density at radius 3 is 2.55 bits per heavy atom. The molecule has 2 aromatic rings. The van der Waals surface area contributed by atoms with Crippen molar-refractivity contribution in [2.75, 3.05) is 33.4 Å². The number of rotatable bonds is 8. The van der Waals surface area contributed by atoms with Crippen LogP contribution < -0.4 is 0 Å². The molecule has 0 bridgehead atoms. The number of aryl methyl sites for hydroxylation is 2. The molecule has 0 N–H and O–H groups in total. The third-order valence-corrected chi connectivity index (χ3v) is 5.98. The SMILES string of the molecule is COCC(=O)N(CC1CN(Cc2cc(C)c(C)o2)CC1c1ccccc1)C(C)C. The molecule has 5 nitrogen and oxygen atoms in total. The Labute approximate surface area is 174 Å². The van der Waals surface area contributed by atoms with Crippen LogP contribution in [0.2, 0.25) is 0 Å². The van der Waals surface area contributed by atoms with Gasteiger partial charge in [-0.2, -0.15) is 0 Å². The maximum absolute atomic E-state index is 12.6. The van der Waals surface area contributed by atoms with Gasteiger partial charge in [-0.3, -0.25) is 9.69 Å². The van der Waals surface area contributed by atoms with Crippen molar-refractivity contribution in [1.29, 1.82) is 0 Å². The fraction of sp³-hybridized carbons (Fsp3) is 0.542. The Kier molecular flexibility index (Phi) is 7.14. The Bertz CT molecular complexity index is 780. The quantitative estimate of drug-likeness (QED) is 0.674. The van der Waals surface area contributed by atoms with Crippen molar-refractivity contribution in [2.24, 2.45) is 5.92 Å². The maximum atomic E-state index is 12.6. The van der Waals surface area contributed by atoms with E-state index in [0.29, 0.717) is 11.8 Å². The van der Waals surface area contributed by atoms with Crippen LogP contribution in [0.3, 0.4) is 0 Å². The number of hydrogen-bond acceptors (Lipinski definition) is 4. The monoisotopic (exact) mass is 398 g/mol. The Hall–Kier alpha value is -2.11. The van der Waals surface area contributed by atoms with Gasteiger partial charge in [0.2, 0.25) is 5.91 Å². The number of methoxy groups -OCH3 is 1. The number of ether oxygens (including phenoxy) is 1. The molecule has 2 unspecified atom stereocenters. The van der Waals surface area contributed by atoms with E-state index in [4.69, 9.17) is 9.15 Å². The first-order chi connectivity index (χ1) is 13.9. The van der Waals surface area contributed by atoms with Crippen LogP contribution in [0.5, 0.6) is 0 Å². The van der Waals surface area contributed by atoms with Gasteiger partial charge in [0, 0.05) is 38.7 Å². The van der Waals surface area contributed by atoms with Crippen molar-refractivity contribution in [3.63, 3.8) is 0 Å². The van der Waals surface area contributed by atoms with Crippen LogP contribution in [-0.4, -0.2) is 55.1 Å². The van der Waals surface area contributed by atoms with E-state index in [2.05, 4.69) is 62.1 Å². The molecule has 0 spiro atoms. The summed E-state index contributed by atoms with van der Waals surface area (Å²) in [5.41, 5.74) is 2.54. The molecule has 2 atom stereocenters. The zero-order valence-electron chi connectivity index (χ0n) is 18.4. The van der Waals surface area contributed by atoms with E-state index in [1.807, 2.05) is 11.8 Å². The van der Waals surface area contributed by atoms with Gasteiger partial charge in [-0.15, -0.1) is 0 Å². The van der Waals surface area contributed by atoms with Crippen LogP contribution in [0.25, 0.3) is 0 Å². The van der Waals surface area contributed by atoms with Gasteiger partial charge in [0.1, 0.15) is 18.1 Å². The molecule has 5 heteroatoms. The molecule has 1 aliphatic rings. The van der Waals surface area contributed by atoms with E-state index in [-0.39, 0.29) is 18.6 Å². The number of benzene rings is 1. The Morgan fingerprint density at radius 1 is 1.24 bits per heavy atom. The summed E-state index contributed by atoms with van der Waals surface area (Å²) in [6, 6.07) is 13.0. The summed E-state index contributed by atoms with van der Waals surface area (Å²) >= 11 is 0. The summed E-state index contributed by atoms with van der Waals surface area (Å²) in [5, 5.41) is 0. The predicted octanol–water partition coefficient (Wildman–Crippen LogP) is 4.00.